The number of nitrogens with zero attached hydrogens (tertiary/aromatic N) is 6. The van der Waals surface area contributed by atoms with Crippen LogP contribution in [0.15, 0.2) is 36.4 Å². The van der Waals surface area contributed by atoms with Gasteiger partial charge in [0.1, 0.15) is 28.0 Å². The van der Waals surface area contributed by atoms with E-state index < -0.39 is 21.9 Å². The Morgan fingerprint density at radius 2 is 1.93 bits per heavy atom. The minimum absolute atomic E-state index is 0.168. The van der Waals surface area contributed by atoms with Crippen molar-refractivity contribution in [3.05, 3.63) is 64.2 Å². The zero-order chi connectivity index (χ0) is 29.8. The number of aliphatic hydroxyl groups excluding tert-OH is 1. The van der Waals surface area contributed by atoms with Crippen molar-refractivity contribution in [2.75, 3.05) is 49.3 Å². The Labute approximate surface area is 246 Å². The third kappa shape index (κ3) is 4.98. The van der Waals surface area contributed by atoms with Gasteiger partial charge in [0.2, 0.25) is 10.0 Å². The Hall–Kier alpha value is -3.70. The first kappa shape index (κ1) is 28.4. The summed E-state index contributed by atoms with van der Waals surface area (Å²) in [6.07, 6.45) is 3.47. The lowest BCUT2D eigenvalue weighted by molar-refractivity contribution is 0.176. The molecule has 1 saturated heterocycles. The summed E-state index contributed by atoms with van der Waals surface area (Å²) < 4.78 is 55.1. The fourth-order valence-electron chi connectivity index (χ4n) is 5.93. The van der Waals surface area contributed by atoms with Gasteiger partial charge in [-0.15, -0.1) is 0 Å². The summed E-state index contributed by atoms with van der Waals surface area (Å²) >= 11 is 1.20. The highest BCUT2D eigenvalue weighted by Crippen LogP contribution is 2.43. The fourth-order valence-corrected chi connectivity index (χ4v) is 7.88. The second-order valence-electron chi connectivity index (χ2n) is 10.6. The van der Waals surface area contributed by atoms with Crippen molar-refractivity contribution in [3.8, 4) is 17.3 Å². The van der Waals surface area contributed by atoms with Crippen molar-refractivity contribution >= 4 is 48.8 Å². The number of thiazole rings is 1. The number of sulfonamides is 1. The number of benzene rings is 2. The molecule has 9 nitrogen and oxygen atoms in total. The Kier molecular flexibility index (Phi) is 7.34. The molecule has 1 aliphatic carbocycles. The van der Waals surface area contributed by atoms with Crippen LogP contribution in [0, 0.1) is 23.0 Å². The number of fused-ring (bicyclic) bond motifs is 2. The zero-order valence-corrected chi connectivity index (χ0v) is 24.6. The van der Waals surface area contributed by atoms with Crippen LogP contribution < -0.4 is 9.80 Å². The molecule has 2 aromatic heterocycles. The van der Waals surface area contributed by atoms with E-state index in [1.54, 1.807) is 12.1 Å². The van der Waals surface area contributed by atoms with Gasteiger partial charge in [0.05, 0.1) is 24.6 Å². The Morgan fingerprint density at radius 3 is 2.62 bits per heavy atom. The lowest BCUT2D eigenvalue weighted by Crippen LogP contribution is -2.56. The fraction of sp³-hybridized carbons (Fsp3) is 0.345. The van der Waals surface area contributed by atoms with Gasteiger partial charge in [-0.1, -0.05) is 11.3 Å². The van der Waals surface area contributed by atoms with Gasteiger partial charge in [0.25, 0.3) is 0 Å². The number of aliphatic hydroxyl groups is 1. The maximum Gasteiger partial charge on any atom is 0.211 e. The van der Waals surface area contributed by atoms with Gasteiger partial charge in [0.15, 0.2) is 10.9 Å². The van der Waals surface area contributed by atoms with Crippen molar-refractivity contribution in [2.24, 2.45) is 0 Å². The molecule has 0 bridgehead atoms. The number of aromatic nitrogens is 2. The Morgan fingerprint density at radius 1 is 1.17 bits per heavy atom. The molecule has 3 heterocycles. The van der Waals surface area contributed by atoms with E-state index in [2.05, 4.69) is 6.07 Å². The standard InChI is InChI=1S/C29H28F2N6O3S2/c1-35(29-34-26(25(14-32)41-29)17-6-8-18(30)9-7-17)28-21-4-3-5-24(21)33-27-22(28)12-19(13-23(27)31)36-10-11-37(42(2,39)40)20(15-36)16-38/h6-9,12-13,20,38H,3-5,10-11,15-16H2,1-2H3/t20-/m1/s1. The van der Waals surface area contributed by atoms with E-state index in [-0.39, 0.29) is 31.0 Å². The van der Waals surface area contributed by atoms with Crippen molar-refractivity contribution in [3.63, 3.8) is 0 Å². The Bertz CT molecular complexity index is 1840. The summed E-state index contributed by atoms with van der Waals surface area (Å²) in [6, 6.07) is 10.6. The van der Waals surface area contributed by atoms with Crippen LogP contribution in [0.1, 0.15) is 22.6 Å². The van der Waals surface area contributed by atoms with E-state index in [4.69, 9.17) is 9.97 Å². The molecule has 1 aliphatic heterocycles. The molecule has 4 aromatic rings. The van der Waals surface area contributed by atoms with E-state index in [1.807, 2.05) is 22.9 Å². The van der Waals surface area contributed by atoms with Gasteiger partial charge in [-0.3, -0.25) is 0 Å². The highest BCUT2D eigenvalue weighted by atomic mass is 32.2. The predicted octanol–water partition coefficient (Wildman–Crippen LogP) is 4.21. The first-order valence-electron chi connectivity index (χ1n) is 13.5. The maximum atomic E-state index is 15.8. The number of piperazine rings is 1. The highest BCUT2D eigenvalue weighted by molar-refractivity contribution is 7.88. The predicted molar refractivity (Wildman–Crippen MR) is 159 cm³/mol. The molecule has 1 atom stereocenters. The molecule has 0 unspecified atom stereocenters. The number of hydrogen-bond donors (Lipinski definition) is 1. The third-order valence-electron chi connectivity index (χ3n) is 7.91. The SMILES string of the molecule is CN(c1nc(-c2ccc(F)cc2)c(C#N)s1)c1c2c(nc3c(F)cc(N4CCN(S(C)(=O)=O)[C@@H](CO)C4)cc13)CCC2. The van der Waals surface area contributed by atoms with Crippen molar-refractivity contribution in [1.82, 2.24) is 14.3 Å². The normalized spacial score (nSPS) is 17.4. The van der Waals surface area contributed by atoms with Crippen LogP contribution in [-0.2, 0) is 22.9 Å². The molecule has 42 heavy (non-hydrogen) atoms. The van der Waals surface area contributed by atoms with Crippen LogP contribution in [0.4, 0.5) is 25.3 Å². The topological polar surface area (TPSA) is 114 Å². The molecule has 1 N–H and O–H groups in total. The summed E-state index contributed by atoms with van der Waals surface area (Å²) in [4.78, 5) is 13.6. The molecule has 2 aromatic carbocycles. The van der Waals surface area contributed by atoms with Crippen LogP contribution in [-0.4, -0.2) is 73.4 Å². The van der Waals surface area contributed by atoms with Gasteiger partial charge in [-0.2, -0.15) is 9.57 Å². The van der Waals surface area contributed by atoms with E-state index in [9.17, 15) is 23.2 Å². The van der Waals surface area contributed by atoms with Crippen LogP contribution >= 0.6 is 11.3 Å². The van der Waals surface area contributed by atoms with Crippen LogP contribution in [0.2, 0.25) is 0 Å². The number of nitriles is 1. The Balaban J connectivity index is 1.46. The van der Waals surface area contributed by atoms with Gasteiger partial charge in [-0.05, 0) is 61.2 Å². The molecule has 0 saturated carbocycles. The third-order valence-corrected chi connectivity index (χ3v) is 10.3. The van der Waals surface area contributed by atoms with Crippen molar-refractivity contribution < 1.29 is 22.3 Å². The first-order chi connectivity index (χ1) is 20.1. The number of aryl methyl sites for hydroxylation is 1. The number of anilines is 3. The number of hydrogen-bond acceptors (Lipinski definition) is 9. The van der Waals surface area contributed by atoms with Crippen molar-refractivity contribution in [2.45, 2.75) is 25.3 Å². The second-order valence-corrected chi connectivity index (χ2v) is 13.5. The molecule has 0 amide bonds. The van der Waals surface area contributed by atoms with Crippen LogP contribution in [0.5, 0.6) is 0 Å². The molecule has 13 heteroatoms. The summed E-state index contributed by atoms with van der Waals surface area (Å²) in [6.45, 7) is 0.347. The lowest BCUT2D eigenvalue weighted by atomic mass is 10.0. The first-order valence-corrected chi connectivity index (χ1v) is 16.1. The van der Waals surface area contributed by atoms with E-state index >= 15 is 4.39 Å². The molecule has 6 rings (SSSR count). The quantitative estimate of drug-likeness (QED) is 0.346. The molecule has 0 spiro atoms. The molecule has 2 aliphatic rings. The summed E-state index contributed by atoms with van der Waals surface area (Å²) in [7, 11) is -1.68. The summed E-state index contributed by atoms with van der Waals surface area (Å²) in [5, 5.41) is 20.9. The highest BCUT2D eigenvalue weighted by Gasteiger charge is 2.33. The van der Waals surface area contributed by atoms with Gasteiger partial charge in [0, 0.05) is 49.0 Å². The molecular formula is C29H28F2N6O3S2. The van der Waals surface area contributed by atoms with Crippen molar-refractivity contribution in [1.29, 1.82) is 5.26 Å². The molecular weight excluding hydrogens is 582 g/mol. The number of halogens is 2. The zero-order valence-electron chi connectivity index (χ0n) is 23.0. The minimum atomic E-state index is -3.51. The average Bonchev–Trinajstić information content (AvgIpc) is 3.62. The van der Waals surface area contributed by atoms with Gasteiger partial charge < -0.3 is 14.9 Å². The van der Waals surface area contributed by atoms with E-state index in [0.29, 0.717) is 38.9 Å². The van der Waals surface area contributed by atoms with E-state index in [1.165, 1.54) is 33.8 Å². The molecule has 1 fully saturated rings. The van der Waals surface area contributed by atoms with Crippen LogP contribution in [0.3, 0.4) is 0 Å². The van der Waals surface area contributed by atoms with Crippen LogP contribution in [0.25, 0.3) is 22.2 Å². The molecule has 218 valence electrons. The monoisotopic (exact) mass is 610 g/mol. The van der Waals surface area contributed by atoms with Gasteiger partial charge in [-0.25, -0.2) is 27.2 Å². The summed E-state index contributed by atoms with van der Waals surface area (Å²) in [5.41, 5.74) is 4.43. The number of pyridine rings is 1. The average molecular weight is 611 g/mol. The van der Waals surface area contributed by atoms with Gasteiger partial charge >= 0.3 is 0 Å². The second kappa shape index (κ2) is 10.9. The smallest absolute Gasteiger partial charge is 0.211 e. The summed E-state index contributed by atoms with van der Waals surface area (Å²) in [5.74, 6) is -0.883. The largest absolute Gasteiger partial charge is 0.395 e. The maximum absolute atomic E-state index is 15.8. The van der Waals surface area contributed by atoms with E-state index in [0.717, 1.165) is 42.5 Å². The lowest BCUT2D eigenvalue weighted by Gasteiger charge is -2.40. The molecule has 0 radical (unpaired) electrons. The number of rotatable bonds is 6. The minimum Gasteiger partial charge on any atom is -0.395 e.